The van der Waals surface area contributed by atoms with E-state index in [1.165, 1.54) is 70.6 Å². The SMILES string of the molecule is CC/C=C\CC/C=C/C=C\C=C\C(CCC)C1CCC1.CCCCCCC(C)CC. The highest BCUT2D eigenvalue weighted by atomic mass is 14.3. The lowest BCUT2D eigenvalue weighted by molar-refractivity contribution is 0.231. The van der Waals surface area contributed by atoms with Crippen LogP contribution in [0.2, 0.25) is 0 Å². The Morgan fingerprint density at radius 3 is 2.07 bits per heavy atom. The van der Waals surface area contributed by atoms with E-state index in [9.17, 15) is 0 Å². The van der Waals surface area contributed by atoms with Crippen molar-refractivity contribution in [2.24, 2.45) is 17.8 Å². The summed E-state index contributed by atoms with van der Waals surface area (Å²) >= 11 is 0. The lowest BCUT2D eigenvalue weighted by Gasteiger charge is -2.31. The maximum absolute atomic E-state index is 2.43. The number of hydrogen-bond donors (Lipinski definition) is 0. The third-order valence-corrected chi connectivity index (χ3v) is 6.35. The smallest absolute Gasteiger partial charge is 0.0202 e. The van der Waals surface area contributed by atoms with E-state index in [1.807, 2.05) is 0 Å². The van der Waals surface area contributed by atoms with E-state index >= 15 is 0 Å². The average Bonchev–Trinajstić information content (AvgIpc) is 2.71. The van der Waals surface area contributed by atoms with Crippen molar-refractivity contribution in [2.75, 3.05) is 0 Å². The third-order valence-electron chi connectivity index (χ3n) is 6.35. The standard InChI is InChI=1S/C20H32.C10H22/c1-3-5-6-7-8-9-10-11-12-13-16-19(15-4-2)20-17-14-18-20;1-4-6-7-8-9-10(3)5-2/h5-6,9-13,16,19-20H,3-4,7-8,14-15,17-18H2,1-2H3;10H,4-9H2,1-3H3/b6-5-,10-9+,12-11-,16-13+;. The summed E-state index contributed by atoms with van der Waals surface area (Å²) in [5.74, 6) is 2.75. The van der Waals surface area contributed by atoms with Crippen molar-refractivity contribution < 1.29 is 0 Å². The Bertz CT molecular complexity index is 447. The summed E-state index contributed by atoms with van der Waals surface area (Å²) in [5, 5.41) is 0. The minimum Gasteiger partial charge on any atom is -0.0888 e. The number of allylic oxidation sites excluding steroid dienone is 8. The van der Waals surface area contributed by atoms with E-state index in [4.69, 9.17) is 0 Å². The summed E-state index contributed by atoms with van der Waals surface area (Å²) in [5.41, 5.74) is 0. The predicted octanol–water partition coefficient (Wildman–Crippen LogP) is 10.6. The molecule has 2 atom stereocenters. The van der Waals surface area contributed by atoms with Crippen LogP contribution in [-0.4, -0.2) is 0 Å². The quantitative estimate of drug-likeness (QED) is 0.134. The van der Waals surface area contributed by atoms with Crippen LogP contribution in [-0.2, 0) is 0 Å². The molecule has 30 heavy (non-hydrogen) atoms. The number of unbranched alkanes of at least 4 members (excludes halogenated alkanes) is 4. The van der Waals surface area contributed by atoms with Crippen LogP contribution in [0.4, 0.5) is 0 Å². The molecule has 1 aliphatic rings. The lowest BCUT2D eigenvalue weighted by atomic mass is 9.74. The van der Waals surface area contributed by atoms with E-state index in [2.05, 4.69) is 83.2 Å². The fourth-order valence-electron chi connectivity index (χ4n) is 3.80. The second-order valence-corrected chi connectivity index (χ2v) is 9.16. The van der Waals surface area contributed by atoms with Gasteiger partial charge < -0.3 is 0 Å². The molecule has 0 radical (unpaired) electrons. The van der Waals surface area contributed by atoms with Crippen molar-refractivity contribution in [2.45, 2.75) is 125 Å². The fraction of sp³-hybridized carbons (Fsp3) is 0.733. The first-order chi connectivity index (χ1) is 14.7. The molecule has 0 spiro atoms. The van der Waals surface area contributed by atoms with Gasteiger partial charge in [0.2, 0.25) is 0 Å². The van der Waals surface area contributed by atoms with Gasteiger partial charge in [-0.1, -0.05) is 135 Å². The van der Waals surface area contributed by atoms with Gasteiger partial charge in [-0.05, 0) is 56.3 Å². The molecule has 0 amide bonds. The zero-order chi connectivity index (χ0) is 22.3. The Hall–Kier alpha value is -1.04. The van der Waals surface area contributed by atoms with Gasteiger partial charge in [-0.25, -0.2) is 0 Å². The van der Waals surface area contributed by atoms with Gasteiger partial charge in [-0.15, -0.1) is 0 Å². The van der Waals surface area contributed by atoms with E-state index in [0.717, 1.165) is 37.0 Å². The Morgan fingerprint density at radius 1 is 0.733 bits per heavy atom. The molecular weight excluding hydrogens is 360 g/mol. The summed E-state index contributed by atoms with van der Waals surface area (Å²) in [6.45, 7) is 11.4. The Labute approximate surface area is 191 Å². The molecule has 0 aliphatic heterocycles. The maximum Gasteiger partial charge on any atom is -0.0202 e. The largest absolute Gasteiger partial charge is 0.0888 e. The summed E-state index contributed by atoms with van der Waals surface area (Å²) in [6.07, 6.45) is 36.9. The third kappa shape index (κ3) is 17.8. The average molecular weight is 415 g/mol. The first-order valence-electron chi connectivity index (χ1n) is 13.3. The van der Waals surface area contributed by atoms with Crippen LogP contribution >= 0.6 is 0 Å². The van der Waals surface area contributed by atoms with Gasteiger partial charge >= 0.3 is 0 Å². The van der Waals surface area contributed by atoms with Crippen LogP contribution in [0.1, 0.15) is 125 Å². The summed E-state index contributed by atoms with van der Waals surface area (Å²) in [4.78, 5) is 0. The van der Waals surface area contributed by atoms with Crippen LogP contribution in [0.25, 0.3) is 0 Å². The lowest BCUT2D eigenvalue weighted by Crippen LogP contribution is -2.20. The van der Waals surface area contributed by atoms with Gasteiger partial charge in [0.05, 0.1) is 0 Å². The molecule has 1 aliphatic carbocycles. The van der Waals surface area contributed by atoms with Gasteiger partial charge in [-0.2, -0.15) is 0 Å². The van der Waals surface area contributed by atoms with Gasteiger partial charge in [0, 0.05) is 0 Å². The van der Waals surface area contributed by atoms with Gasteiger partial charge in [0.1, 0.15) is 0 Å². The normalized spacial score (nSPS) is 17.0. The number of hydrogen-bond acceptors (Lipinski definition) is 0. The summed E-state index contributed by atoms with van der Waals surface area (Å²) in [6, 6.07) is 0. The van der Waals surface area contributed by atoms with Crippen LogP contribution in [0, 0.1) is 17.8 Å². The monoisotopic (exact) mass is 414 g/mol. The van der Waals surface area contributed by atoms with Crippen LogP contribution < -0.4 is 0 Å². The van der Waals surface area contributed by atoms with Crippen LogP contribution in [0.3, 0.4) is 0 Å². The Kier molecular flexibility index (Phi) is 21.9. The molecule has 0 heteroatoms. The predicted molar refractivity (Wildman–Crippen MR) is 140 cm³/mol. The number of rotatable bonds is 16. The molecule has 0 nitrogen and oxygen atoms in total. The Morgan fingerprint density at radius 2 is 1.47 bits per heavy atom. The van der Waals surface area contributed by atoms with Crippen molar-refractivity contribution in [3.63, 3.8) is 0 Å². The van der Waals surface area contributed by atoms with Crippen molar-refractivity contribution in [1.29, 1.82) is 0 Å². The molecule has 0 heterocycles. The molecule has 1 fully saturated rings. The fourth-order valence-corrected chi connectivity index (χ4v) is 3.80. The molecule has 0 N–H and O–H groups in total. The molecule has 1 saturated carbocycles. The van der Waals surface area contributed by atoms with E-state index in [1.54, 1.807) is 0 Å². The minimum atomic E-state index is 0.821. The molecule has 2 unspecified atom stereocenters. The van der Waals surface area contributed by atoms with E-state index in [-0.39, 0.29) is 0 Å². The second kappa shape index (κ2) is 22.6. The summed E-state index contributed by atoms with van der Waals surface area (Å²) in [7, 11) is 0. The van der Waals surface area contributed by atoms with Crippen molar-refractivity contribution in [1.82, 2.24) is 0 Å². The first-order valence-corrected chi connectivity index (χ1v) is 13.3. The summed E-state index contributed by atoms with van der Waals surface area (Å²) < 4.78 is 0. The molecule has 174 valence electrons. The van der Waals surface area contributed by atoms with Gasteiger partial charge in [-0.3, -0.25) is 0 Å². The highest BCUT2D eigenvalue weighted by molar-refractivity contribution is 5.12. The van der Waals surface area contributed by atoms with Crippen molar-refractivity contribution in [3.8, 4) is 0 Å². The van der Waals surface area contributed by atoms with E-state index < -0.39 is 0 Å². The highest BCUT2D eigenvalue weighted by Crippen LogP contribution is 2.36. The minimum absolute atomic E-state index is 0.821. The van der Waals surface area contributed by atoms with Gasteiger partial charge in [0.25, 0.3) is 0 Å². The van der Waals surface area contributed by atoms with Crippen molar-refractivity contribution in [3.05, 3.63) is 48.6 Å². The van der Waals surface area contributed by atoms with E-state index in [0.29, 0.717) is 0 Å². The zero-order valence-corrected chi connectivity index (χ0v) is 21.3. The van der Waals surface area contributed by atoms with Gasteiger partial charge in [0.15, 0.2) is 0 Å². The van der Waals surface area contributed by atoms with Crippen LogP contribution in [0.15, 0.2) is 48.6 Å². The Balaban J connectivity index is 0.000000710. The topological polar surface area (TPSA) is 0 Å². The second-order valence-electron chi connectivity index (χ2n) is 9.16. The highest BCUT2D eigenvalue weighted by Gasteiger charge is 2.24. The molecule has 0 aromatic rings. The maximum atomic E-state index is 2.43. The molecular formula is C30H54. The van der Waals surface area contributed by atoms with Crippen molar-refractivity contribution >= 4 is 0 Å². The molecule has 0 aromatic carbocycles. The molecule has 0 bridgehead atoms. The molecule has 0 aromatic heterocycles. The molecule has 1 rings (SSSR count). The van der Waals surface area contributed by atoms with Crippen LogP contribution in [0.5, 0.6) is 0 Å². The first kappa shape index (κ1) is 29.0. The molecule has 0 saturated heterocycles. The zero-order valence-electron chi connectivity index (χ0n) is 21.3.